The summed E-state index contributed by atoms with van der Waals surface area (Å²) in [5, 5.41) is 14.3. The molecule has 0 aliphatic heterocycles. The summed E-state index contributed by atoms with van der Waals surface area (Å²) >= 11 is 1.70. The summed E-state index contributed by atoms with van der Waals surface area (Å²) in [7, 11) is 0. The largest absolute Gasteiger partial charge is 0.488 e. The van der Waals surface area contributed by atoms with E-state index in [-0.39, 0.29) is 0 Å². The maximum Gasteiger partial charge on any atom is 0.128 e. The Hall–Kier alpha value is -2.14. The van der Waals surface area contributed by atoms with Crippen molar-refractivity contribution in [2.75, 3.05) is 6.54 Å². The minimum Gasteiger partial charge on any atom is -0.488 e. The van der Waals surface area contributed by atoms with Crippen molar-refractivity contribution in [3.63, 3.8) is 0 Å². The van der Waals surface area contributed by atoms with Crippen molar-refractivity contribution < 1.29 is 15.2 Å². The molecule has 0 amide bonds. The average molecular weight is 340 g/mol. The van der Waals surface area contributed by atoms with E-state index in [2.05, 4.69) is 28.9 Å². The number of hydrogen-bond acceptors (Lipinski definition) is 3. The highest BCUT2D eigenvalue weighted by Crippen LogP contribution is 2.16. The molecule has 3 rings (SSSR count). The first kappa shape index (κ1) is 16.7. The maximum absolute atomic E-state index is 10.2. The third-order valence-electron chi connectivity index (χ3n) is 3.84. The molecule has 0 bridgehead atoms. The summed E-state index contributed by atoms with van der Waals surface area (Å²) in [6, 6.07) is 22.1. The Morgan fingerprint density at radius 2 is 1.75 bits per heavy atom. The number of thiophene rings is 1. The van der Waals surface area contributed by atoms with Crippen LogP contribution in [0.25, 0.3) is 0 Å². The molecular weight excluding hydrogens is 318 g/mol. The highest BCUT2D eigenvalue weighted by Gasteiger charge is 2.08. The van der Waals surface area contributed by atoms with Crippen LogP contribution in [-0.4, -0.2) is 11.7 Å². The second kappa shape index (κ2) is 8.64. The molecule has 4 heteroatoms. The number of quaternary nitrogens is 1. The molecule has 0 saturated carbocycles. The normalized spacial score (nSPS) is 12.0. The van der Waals surface area contributed by atoms with Gasteiger partial charge in [0.25, 0.3) is 0 Å². The SMILES string of the molecule is O[C@@H](C[NH2+]Cc1ccc(OCc2cccs2)cc1)c1ccccc1. The summed E-state index contributed by atoms with van der Waals surface area (Å²) in [5.41, 5.74) is 2.19. The smallest absolute Gasteiger partial charge is 0.128 e. The standard InChI is InChI=1S/C20H21NO2S/c22-20(17-5-2-1-3-6-17)14-21-13-16-8-10-18(11-9-16)23-15-19-7-4-12-24-19/h1-12,20-22H,13-15H2/p+1/t20-/m0/s1. The third kappa shape index (κ3) is 4.93. The fourth-order valence-electron chi connectivity index (χ4n) is 2.49. The van der Waals surface area contributed by atoms with Gasteiger partial charge in [-0.2, -0.15) is 0 Å². The highest BCUT2D eigenvalue weighted by molar-refractivity contribution is 7.09. The van der Waals surface area contributed by atoms with Gasteiger partial charge in [0.1, 0.15) is 31.5 Å². The Kier molecular flexibility index (Phi) is 6.01. The number of nitrogens with two attached hydrogens (primary N) is 1. The van der Waals surface area contributed by atoms with Gasteiger partial charge in [-0.3, -0.25) is 0 Å². The lowest BCUT2D eigenvalue weighted by Gasteiger charge is -2.10. The topological polar surface area (TPSA) is 46.1 Å². The Bertz CT molecular complexity index is 711. The number of aliphatic hydroxyl groups excluding tert-OH is 1. The van der Waals surface area contributed by atoms with Crippen LogP contribution in [-0.2, 0) is 13.2 Å². The van der Waals surface area contributed by atoms with Crippen molar-refractivity contribution in [1.82, 2.24) is 0 Å². The minimum atomic E-state index is -0.431. The van der Waals surface area contributed by atoms with Crippen LogP contribution >= 0.6 is 11.3 Å². The monoisotopic (exact) mass is 340 g/mol. The molecule has 1 aromatic heterocycles. The van der Waals surface area contributed by atoms with Crippen LogP contribution in [0.2, 0.25) is 0 Å². The molecule has 124 valence electrons. The molecule has 0 unspecified atom stereocenters. The van der Waals surface area contributed by atoms with Crippen LogP contribution in [0.4, 0.5) is 0 Å². The second-order valence-corrected chi connectivity index (χ2v) is 6.70. The predicted molar refractivity (Wildman–Crippen MR) is 97.0 cm³/mol. The average Bonchev–Trinajstić information content (AvgIpc) is 3.15. The van der Waals surface area contributed by atoms with Gasteiger partial charge in [-0.15, -0.1) is 11.3 Å². The lowest BCUT2D eigenvalue weighted by molar-refractivity contribution is -0.677. The van der Waals surface area contributed by atoms with E-state index >= 15 is 0 Å². The molecule has 3 N–H and O–H groups in total. The van der Waals surface area contributed by atoms with Crippen LogP contribution in [0.15, 0.2) is 72.1 Å². The van der Waals surface area contributed by atoms with Crippen molar-refractivity contribution in [3.8, 4) is 5.75 Å². The van der Waals surface area contributed by atoms with E-state index in [9.17, 15) is 5.11 Å². The fraction of sp³-hybridized carbons (Fsp3) is 0.200. The number of aliphatic hydroxyl groups is 1. The Labute approximate surface area is 146 Å². The Balaban J connectivity index is 1.42. The first-order valence-corrected chi connectivity index (χ1v) is 8.98. The summed E-state index contributed by atoms with van der Waals surface area (Å²) in [4.78, 5) is 1.22. The fourth-order valence-corrected chi connectivity index (χ4v) is 3.11. The summed E-state index contributed by atoms with van der Waals surface area (Å²) in [5.74, 6) is 0.886. The molecule has 1 heterocycles. The molecule has 0 saturated heterocycles. The van der Waals surface area contributed by atoms with Gasteiger partial charge in [0.05, 0.1) is 0 Å². The highest BCUT2D eigenvalue weighted by atomic mass is 32.1. The summed E-state index contributed by atoms with van der Waals surface area (Å²) < 4.78 is 5.77. The zero-order chi connectivity index (χ0) is 16.6. The van der Waals surface area contributed by atoms with Crippen molar-refractivity contribution in [1.29, 1.82) is 0 Å². The van der Waals surface area contributed by atoms with E-state index in [1.165, 1.54) is 10.4 Å². The predicted octanol–water partition coefficient (Wildman–Crippen LogP) is 3.12. The molecule has 3 aromatic rings. The molecule has 0 spiro atoms. The zero-order valence-electron chi connectivity index (χ0n) is 13.5. The number of ether oxygens (including phenoxy) is 1. The van der Waals surface area contributed by atoms with Gasteiger partial charge < -0.3 is 15.2 Å². The number of benzene rings is 2. The van der Waals surface area contributed by atoms with Gasteiger partial charge >= 0.3 is 0 Å². The molecule has 0 aliphatic rings. The second-order valence-electron chi connectivity index (χ2n) is 5.67. The van der Waals surface area contributed by atoms with E-state index < -0.39 is 6.10 Å². The molecule has 1 atom stereocenters. The van der Waals surface area contributed by atoms with Crippen LogP contribution < -0.4 is 10.1 Å². The zero-order valence-corrected chi connectivity index (χ0v) is 14.3. The van der Waals surface area contributed by atoms with Crippen molar-refractivity contribution >= 4 is 11.3 Å². The Morgan fingerprint density at radius 3 is 2.46 bits per heavy atom. The van der Waals surface area contributed by atoms with E-state index in [1.54, 1.807) is 11.3 Å². The lowest BCUT2D eigenvalue weighted by atomic mass is 10.1. The van der Waals surface area contributed by atoms with Gasteiger partial charge in [0.15, 0.2) is 0 Å². The van der Waals surface area contributed by atoms with Gasteiger partial charge in [-0.1, -0.05) is 36.4 Å². The quantitative estimate of drug-likeness (QED) is 0.662. The van der Waals surface area contributed by atoms with Crippen molar-refractivity contribution in [2.45, 2.75) is 19.3 Å². The van der Waals surface area contributed by atoms with Crippen molar-refractivity contribution in [3.05, 3.63) is 88.1 Å². The minimum absolute atomic E-state index is 0.431. The van der Waals surface area contributed by atoms with E-state index in [0.717, 1.165) is 17.9 Å². The molecule has 0 aliphatic carbocycles. The van der Waals surface area contributed by atoms with Crippen LogP contribution in [0.1, 0.15) is 22.1 Å². The van der Waals surface area contributed by atoms with Crippen LogP contribution in [0.3, 0.4) is 0 Å². The molecule has 3 nitrogen and oxygen atoms in total. The van der Waals surface area contributed by atoms with Crippen LogP contribution in [0.5, 0.6) is 5.75 Å². The number of rotatable bonds is 8. The van der Waals surface area contributed by atoms with E-state index in [1.807, 2.05) is 48.5 Å². The maximum atomic E-state index is 10.2. The first-order valence-electron chi connectivity index (χ1n) is 8.10. The third-order valence-corrected chi connectivity index (χ3v) is 4.69. The molecule has 24 heavy (non-hydrogen) atoms. The molecular formula is C20H22NO2S+. The summed E-state index contributed by atoms with van der Waals surface area (Å²) in [6.07, 6.45) is -0.431. The van der Waals surface area contributed by atoms with Gasteiger partial charge in [0.2, 0.25) is 0 Å². The Morgan fingerprint density at radius 1 is 0.958 bits per heavy atom. The van der Waals surface area contributed by atoms with Gasteiger partial charge in [0, 0.05) is 10.4 Å². The van der Waals surface area contributed by atoms with E-state index in [0.29, 0.717) is 13.2 Å². The van der Waals surface area contributed by atoms with Crippen LogP contribution in [0, 0.1) is 0 Å². The lowest BCUT2D eigenvalue weighted by Crippen LogP contribution is -2.83. The van der Waals surface area contributed by atoms with Gasteiger partial charge in [-0.25, -0.2) is 0 Å². The summed E-state index contributed by atoms with van der Waals surface area (Å²) in [6.45, 7) is 2.11. The molecule has 0 radical (unpaired) electrons. The molecule has 2 aromatic carbocycles. The molecule has 0 fully saturated rings. The number of hydrogen-bond donors (Lipinski definition) is 2. The van der Waals surface area contributed by atoms with Crippen molar-refractivity contribution in [2.24, 2.45) is 0 Å². The van der Waals surface area contributed by atoms with E-state index in [4.69, 9.17) is 4.74 Å². The van der Waals surface area contributed by atoms with Gasteiger partial charge in [-0.05, 0) is 41.3 Å². The first-order chi connectivity index (χ1) is 11.8.